The van der Waals surface area contributed by atoms with E-state index in [1.165, 1.54) is 0 Å². The molecule has 2 heterocycles. The Labute approximate surface area is 115 Å². The molecule has 7 nitrogen and oxygen atoms in total. The van der Waals surface area contributed by atoms with Crippen LogP contribution in [0.4, 0.5) is 0 Å². The van der Waals surface area contributed by atoms with E-state index in [9.17, 15) is 10.1 Å². The summed E-state index contributed by atoms with van der Waals surface area (Å²) < 4.78 is 0. The number of aromatic nitrogens is 1. The van der Waals surface area contributed by atoms with Crippen molar-refractivity contribution in [3.63, 3.8) is 0 Å². The largest absolute Gasteiger partial charge is 0.337 e. The molecule has 2 rings (SSSR count). The van der Waals surface area contributed by atoms with E-state index in [2.05, 4.69) is 15.3 Å². The van der Waals surface area contributed by atoms with E-state index in [0.29, 0.717) is 30.7 Å². The van der Waals surface area contributed by atoms with Gasteiger partial charge in [-0.1, -0.05) is 17.7 Å². The summed E-state index contributed by atoms with van der Waals surface area (Å²) in [5.41, 5.74) is 0.927. The molecule has 1 unspecified atom stereocenters. The van der Waals surface area contributed by atoms with E-state index in [1.807, 2.05) is 11.0 Å². The molecule has 0 spiro atoms. The van der Waals surface area contributed by atoms with E-state index in [-0.39, 0.29) is 4.92 Å². The monoisotopic (exact) mass is 283 g/mol. The summed E-state index contributed by atoms with van der Waals surface area (Å²) in [7, 11) is 1.57. The Balaban J connectivity index is 2.14. The minimum absolute atomic E-state index is 0.301. The summed E-state index contributed by atoms with van der Waals surface area (Å²) in [5, 5.41) is 14.4. The summed E-state index contributed by atoms with van der Waals surface area (Å²) in [6.45, 7) is 1.34. The van der Waals surface area contributed by atoms with E-state index in [4.69, 9.17) is 11.6 Å². The number of rotatable bonds is 3. The van der Waals surface area contributed by atoms with Crippen molar-refractivity contribution in [1.29, 1.82) is 0 Å². The molecule has 0 aliphatic carbocycles. The molecule has 0 saturated carbocycles. The van der Waals surface area contributed by atoms with Crippen LogP contribution in [0.5, 0.6) is 0 Å². The Hall–Kier alpha value is -1.73. The fraction of sp³-hybridized carbons (Fsp3) is 0.455. The van der Waals surface area contributed by atoms with E-state index in [0.717, 1.165) is 5.56 Å². The normalized spacial score (nSPS) is 21.7. The highest BCUT2D eigenvalue weighted by Crippen LogP contribution is 2.12. The minimum Gasteiger partial charge on any atom is -0.337 e. The predicted octanol–water partition coefficient (Wildman–Crippen LogP) is 0.771. The maximum atomic E-state index is 11.0. The topological polar surface area (TPSA) is 83.7 Å². The van der Waals surface area contributed by atoms with Crippen molar-refractivity contribution >= 4 is 17.4 Å². The lowest BCUT2D eigenvalue weighted by Gasteiger charge is -2.32. The van der Waals surface area contributed by atoms with Crippen LogP contribution in [0.15, 0.2) is 23.3 Å². The van der Waals surface area contributed by atoms with Crippen LogP contribution < -0.4 is 5.32 Å². The highest BCUT2D eigenvalue weighted by molar-refractivity contribution is 6.29. The van der Waals surface area contributed by atoms with Gasteiger partial charge in [0.25, 0.3) is 6.04 Å². The zero-order chi connectivity index (χ0) is 13.8. The lowest BCUT2D eigenvalue weighted by Crippen LogP contribution is -2.56. The van der Waals surface area contributed by atoms with Crippen LogP contribution in [0.3, 0.4) is 0 Å². The maximum absolute atomic E-state index is 11.0. The molecule has 0 radical (unpaired) electrons. The molecule has 102 valence electrons. The minimum atomic E-state index is -0.806. The first-order valence-electron chi connectivity index (χ1n) is 5.78. The number of amidine groups is 1. The average Bonchev–Trinajstić information content (AvgIpc) is 2.41. The van der Waals surface area contributed by atoms with Gasteiger partial charge in [0, 0.05) is 24.7 Å². The number of nitro groups is 1. The fourth-order valence-electron chi connectivity index (χ4n) is 2.04. The second-order valence-corrected chi connectivity index (χ2v) is 4.57. The SMILES string of the molecule is CN=C1C([N+](=O)[O-])CNCN1Cc1ccc(Cl)nc1. The first-order chi connectivity index (χ1) is 9.11. The fourth-order valence-corrected chi connectivity index (χ4v) is 2.15. The maximum Gasteiger partial charge on any atom is 0.281 e. The molecule has 1 aliphatic rings. The van der Waals surface area contributed by atoms with Gasteiger partial charge in [0.1, 0.15) is 5.15 Å². The van der Waals surface area contributed by atoms with Crippen molar-refractivity contribution < 1.29 is 4.92 Å². The number of aliphatic imine (C=N–C) groups is 1. The molecule has 1 atom stereocenters. The quantitative estimate of drug-likeness (QED) is 0.503. The Kier molecular flexibility index (Phi) is 4.28. The smallest absolute Gasteiger partial charge is 0.281 e. The molecule has 0 bridgehead atoms. The summed E-state index contributed by atoms with van der Waals surface area (Å²) in [6.07, 6.45) is 1.66. The Bertz CT molecular complexity index is 490. The first-order valence-corrected chi connectivity index (χ1v) is 6.16. The van der Waals surface area contributed by atoms with Crippen molar-refractivity contribution in [1.82, 2.24) is 15.2 Å². The van der Waals surface area contributed by atoms with Gasteiger partial charge < -0.3 is 4.90 Å². The van der Waals surface area contributed by atoms with E-state index < -0.39 is 6.04 Å². The first kappa shape index (κ1) is 13.7. The van der Waals surface area contributed by atoms with E-state index >= 15 is 0 Å². The van der Waals surface area contributed by atoms with Gasteiger partial charge in [-0.3, -0.25) is 20.4 Å². The third kappa shape index (κ3) is 3.18. The van der Waals surface area contributed by atoms with Crippen LogP contribution in [-0.4, -0.2) is 46.9 Å². The highest BCUT2D eigenvalue weighted by Gasteiger charge is 2.34. The van der Waals surface area contributed by atoms with Gasteiger partial charge in [-0.05, 0) is 11.6 Å². The molecule has 1 saturated heterocycles. The molecule has 0 aromatic carbocycles. The number of hydrogen-bond donors (Lipinski definition) is 1. The Morgan fingerprint density at radius 1 is 1.68 bits per heavy atom. The predicted molar refractivity (Wildman–Crippen MR) is 71.8 cm³/mol. The van der Waals surface area contributed by atoms with Gasteiger partial charge in [-0.25, -0.2) is 4.98 Å². The Morgan fingerprint density at radius 3 is 3.05 bits per heavy atom. The second kappa shape index (κ2) is 5.94. The van der Waals surface area contributed by atoms with Gasteiger partial charge in [0.15, 0.2) is 5.84 Å². The van der Waals surface area contributed by atoms with Crippen molar-refractivity contribution in [3.05, 3.63) is 39.2 Å². The van der Waals surface area contributed by atoms with Gasteiger partial charge >= 0.3 is 0 Å². The number of halogens is 1. The molecule has 0 amide bonds. The molecule has 1 aromatic heterocycles. The van der Waals surface area contributed by atoms with Crippen molar-refractivity contribution in [3.8, 4) is 0 Å². The van der Waals surface area contributed by atoms with Gasteiger partial charge in [-0.2, -0.15) is 0 Å². The van der Waals surface area contributed by atoms with Gasteiger partial charge in [0.2, 0.25) is 0 Å². The third-order valence-electron chi connectivity index (χ3n) is 2.91. The van der Waals surface area contributed by atoms with Crippen molar-refractivity contribution in [2.24, 2.45) is 4.99 Å². The highest BCUT2D eigenvalue weighted by atomic mass is 35.5. The lowest BCUT2D eigenvalue weighted by molar-refractivity contribution is -0.503. The van der Waals surface area contributed by atoms with Crippen LogP contribution >= 0.6 is 11.6 Å². The number of hydrogen-bond acceptors (Lipinski definition) is 5. The van der Waals surface area contributed by atoms with Gasteiger partial charge in [0.05, 0.1) is 13.2 Å². The number of pyridine rings is 1. The zero-order valence-corrected chi connectivity index (χ0v) is 11.2. The molecule has 1 aromatic rings. The second-order valence-electron chi connectivity index (χ2n) is 4.18. The van der Waals surface area contributed by atoms with Crippen LogP contribution in [0.2, 0.25) is 5.15 Å². The average molecular weight is 284 g/mol. The summed E-state index contributed by atoms with van der Waals surface area (Å²) in [6, 6.07) is 2.74. The number of nitrogens with one attached hydrogen (secondary N) is 1. The molecule has 19 heavy (non-hydrogen) atoms. The Morgan fingerprint density at radius 2 is 2.47 bits per heavy atom. The van der Waals surface area contributed by atoms with Crippen LogP contribution in [0.1, 0.15) is 5.56 Å². The summed E-state index contributed by atoms with van der Waals surface area (Å²) in [4.78, 5) is 20.6. The molecule has 8 heteroatoms. The van der Waals surface area contributed by atoms with Gasteiger partial charge in [-0.15, -0.1) is 0 Å². The standard InChI is InChI=1S/C11H14ClN5O2/c1-13-11-9(17(18)19)5-14-7-16(11)6-8-2-3-10(12)15-4-8/h2-4,9,14H,5-7H2,1H3. The molecular weight excluding hydrogens is 270 g/mol. The zero-order valence-electron chi connectivity index (χ0n) is 10.4. The molecule has 1 aliphatic heterocycles. The lowest BCUT2D eigenvalue weighted by atomic mass is 10.2. The number of nitrogens with zero attached hydrogens (tertiary/aromatic N) is 4. The van der Waals surface area contributed by atoms with Crippen LogP contribution in [-0.2, 0) is 6.54 Å². The third-order valence-corrected chi connectivity index (χ3v) is 3.13. The summed E-state index contributed by atoms with van der Waals surface area (Å²) >= 11 is 5.73. The molecular formula is C11H14ClN5O2. The molecule has 1 fully saturated rings. The van der Waals surface area contributed by atoms with Crippen LogP contribution in [0.25, 0.3) is 0 Å². The van der Waals surface area contributed by atoms with E-state index in [1.54, 1.807) is 19.3 Å². The van der Waals surface area contributed by atoms with Crippen LogP contribution in [0, 0.1) is 10.1 Å². The van der Waals surface area contributed by atoms with Crippen molar-refractivity contribution in [2.75, 3.05) is 20.3 Å². The van der Waals surface area contributed by atoms with Crippen molar-refractivity contribution in [2.45, 2.75) is 12.6 Å². The molecule has 1 N–H and O–H groups in total. The summed E-state index contributed by atoms with van der Waals surface area (Å²) in [5.74, 6) is 0.485.